The average molecular weight is 585 g/mol. The van der Waals surface area contributed by atoms with Gasteiger partial charge in [-0.1, -0.05) is 5.16 Å². The molecule has 1 atom stereocenters. The van der Waals surface area contributed by atoms with Gasteiger partial charge < -0.3 is 9.74 Å². The normalized spacial score (nSPS) is 26.4. The van der Waals surface area contributed by atoms with Crippen molar-refractivity contribution < 1.29 is 53.4 Å². The fraction of sp³-hybridized carbons (Fsp3) is 0.435. The van der Waals surface area contributed by atoms with E-state index in [1.807, 2.05) is 0 Å². The highest BCUT2D eigenvalue weighted by atomic mass is 32.2. The van der Waals surface area contributed by atoms with E-state index in [1.165, 1.54) is 11.0 Å². The third-order valence-corrected chi connectivity index (χ3v) is 8.41. The first-order valence-electron chi connectivity index (χ1n) is 11.2. The average Bonchev–Trinajstić information content (AvgIpc) is 3.28. The van der Waals surface area contributed by atoms with Crippen LogP contribution in [0.1, 0.15) is 28.8 Å². The van der Waals surface area contributed by atoms with Gasteiger partial charge in [-0.3, -0.25) is 14.0 Å². The zero-order valence-electron chi connectivity index (χ0n) is 19.4. The molecule has 2 fully saturated rings. The van der Waals surface area contributed by atoms with Gasteiger partial charge >= 0.3 is 12.4 Å². The number of pyridine rings is 1. The maximum absolute atomic E-state index is 15.2. The number of nitrogens with zero attached hydrogens (tertiary/aromatic N) is 3. The molecule has 0 radical (unpaired) electrons. The van der Waals surface area contributed by atoms with Crippen molar-refractivity contribution in [1.29, 1.82) is 0 Å². The molecule has 16 heteroatoms. The van der Waals surface area contributed by atoms with Crippen LogP contribution in [-0.2, 0) is 37.9 Å². The second kappa shape index (κ2) is 8.93. The van der Waals surface area contributed by atoms with E-state index in [4.69, 9.17) is 0 Å². The number of carbonyl (C=O) groups excluding carboxylic acids is 1. The first-order valence-corrected chi connectivity index (χ1v) is 12.7. The molecule has 1 amide bonds. The molecule has 210 valence electrons. The molecule has 6 nitrogen and oxygen atoms in total. The van der Waals surface area contributed by atoms with Gasteiger partial charge in [-0.15, -0.1) is 0 Å². The summed E-state index contributed by atoms with van der Waals surface area (Å²) < 4.78 is 136. The van der Waals surface area contributed by atoms with Crippen LogP contribution in [-0.4, -0.2) is 56.5 Å². The number of rotatable bonds is 4. The first-order chi connectivity index (χ1) is 18.0. The number of aromatic nitrogens is 1. The maximum atomic E-state index is 15.2. The molecule has 4 heterocycles. The molecule has 1 aromatic heterocycles. The number of benzene rings is 1. The molecule has 1 aromatic carbocycles. The van der Waals surface area contributed by atoms with Gasteiger partial charge in [-0.2, -0.15) is 26.3 Å². The largest absolute Gasteiger partial charge is 0.435 e. The molecule has 5 rings (SSSR count). The van der Waals surface area contributed by atoms with E-state index in [0.29, 0.717) is 0 Å². The molecule has 1 unspecified atom stereocenters. The van der Waals surface area contributed by atoms with E-state index < -0.39 is 75.2 Å². The molecule has 3 aliphatic rings. The number of hydrogen-bond donors (Lipinski definition) is 0. The Morgan fingerprint density at radius 3 is 2.28 bits per heavy atom. The fourth-order valence-electron chi connectivity index (χ4n) is 4.59. The molecule has 2 saturated heterocycles. The minimum absolute atomic E-state index is 0.0321. The van der Waals surface area contributed by atoms with E-state index in [-0.39, 0.29) is 53.9 Å². The summed E-state index contributed by atoms with van der Waals surface area (Å²) in [7, 11) is -1.06. The third kappa shape index (κ3) is 4.55. The highest BCUT2D eigenvalue weighted by molar-refractivity contribution is 7.86. The summed E-state index contributed by atoms with van der Waals surface area (Å²) in [5.41, 5.74) is -9.81. The summed E-state index contributed by atoms with van der Waals surface area (Å²) in [6, 6.07) is 2.12. The predicted octanol–water partition coefficient (Wildman–Crippen LogP) is 4.35. The number of hydrogen-bond acceptors (Lipinski definition) is 5. The molecule has 2 aromatic rings. The Kier molecular flexibility index (Phi) is 6.27. The lowest BCUT2D eigenvalue weighted by atomic mass is 9.85. The van der Waals surface area contributed by atoms with E-state index in [1.54, 1.807) is 0 Å². The lowest BCUT2D eigenvalue weighted by Gasteiger charge is -2.46. The van der Waals surface area contributed by atoms with E-state index >= 15 is 4.39 Å². The van der Waals surface area contributed by atoms with Gasteiger partial charge in [0.05, 0.1) is 42.4 Å². The second-order valence-electron chi connectivity index (χ2n) is 9.51. The smallest absolute Gasteiger partial charge is 0.374 e. The third-order valence-electron chi connectivity index (χ3n) is 6.86. The Morgan fingerprint density at radius 2 is 1.74 bits per heavy atom. The molecule has 0 bridgehead atoms. The van der Waals surface area contributed by atoms with E-state index in [0.717, 1.165) is 12.3 Å². The lowest BCUT2D eigenvalue weighted by molar-refractivity contribution is -0.276. The molecular formula is C23H16F9N3O3S. The second-order valence-corrected chi connectivity index (χ2v) is 11.1. The molecule has 39 heavy (non-hydrogen) atoms. The first kappa shape index (κ1) is 27.4. The Labute approximate surface area is 216 Å². The quantitative estimate of drug-likeness (QED) is 0.501. The zero-order valence-corrected chi connectivity index (χ0v) is 20.2. The number of amides is 1. The molecular weight excluding hydrogens is 569 g/mol. The summed E-state index contributed by atoms with van der Waals surface area (Å²) in [6.07, 6.45) is -11.1. The highest BCUT2D eigenvalue weighted by Crippen LogP contribution is 2.50. The highest BCUT2D eigenvalue weighted by Gasteiger charge is 2.63. The van der Waals surface area contributed by atoms with Crippen LogP contribution in [0.5, 0.6) is 0 Å². The van der Waals surface area contributed by atoms with Crippen LogP contribution in [0.15, 0.2) is 35.6 Å². The van der Waals surface area contributed by atoms with Gasteiger partial charge in [0, 0.05) is 39.6 Å². The lowest BCUT2D eigenvalue weighted by Crippen LogP contribution is -2.62. The van der Waals surface area contributed by atoms with Crippen LogP contribution < -0.4 is 0 Å². The summed E-state index contributed by atoms with van der Waals surface area (Å²) in [6.45, 7) is -0.638. The van der Waals surface area contributed by atoms with Crippen molar-refractivity contribution in [2.45, 2.75) is 30.0 Å². The number of likely N-dealkylation sites (tertiary alicyclic amines) is 1. The maximum Gasteiger partial charge on any atom is 0.435 e. The van der Waals surface area contributed by atoms with Crippen LogP contribution in [0.2, 0.25) is 0 Å². The number of alkyl halides is 7. The van der Waals surface area contributed by atoms with Crippen LogP contribution >= 0.6 is 0 Å². The number of carbonyl (C=O) groups is 1. The summed E-state index contributed by atoms with van der Waals surface area (Å²) in [5.74, 6) is -4.84. The van der Waals surface area contributed by atoms with Gasteiger partial charge in [0.2, 0.25) is 5.91 Å². The number of oxime groups is 1. The molecule has 0 N–H and O–H groups in total. The van der Waals surface area contributed by atoms with Crippen molar-refractivity contribution in [3.63, 3.8) is 0 Å². The summed E-state index contributed by atoms with van der Waals surface area (Å²) in [5, 5.41) is 3.34. The monoisotopic (exact) mass is 585 g/mol. The minimum Gasteiger partial charge on any atom is -0.374 e. The number of halogens is 9. The Hall–Kier alpha value is -3.17. The van der Waals surface area contributed by atoms with Gasteiger partial charge in [0.1, 0.15) is 0 Å². The van der Waals surface area contributed by atoms with Crippen molar-refractivity contribution in [3.05, 3.63) is 64.5 Å². The predicted molar refractivity (Wildman–Crippen MR) is 116 cm³/mol. The molecule has 0 spiro atoms. The summed E-state index contributed by atoms with van der Waals surface area (Å²) >= 11 is 0. The Bertz CT molecular complexity index is 1380. The molecule has 3 aliphatic heterocycles. The molecule has 0 saturated carbocycles. The minimum atomic E-state index is -5.49. The van der Waals surface area contributed by atoms with Gasteiger partial charge in [-0.25, -0.2) is 13.2 Å². The van der Waals surface area contributed by atoms with Gasteiger partial charge in [0.15, 0.2) is 17.3 Å². The van der Waals surface area contributed by atoms with Crippen molar-refractivity contribution in [2.24, 2.45) is 11.1 Å². The van der Waals surface area contributed by atoms with Crippen molar-refractivity contribution >= 4 is 22.4 Å². The molecule has 0 aliphatic carbocycles. The zero-order chi connectivity index (χ0) is 28.5. The van der Waals surface area contributed by atoms with Crippen molar-refractivity contribution in [1.82, 2.24) is 9.88 Å². The standard InChI is InChI=1S/C23H16F9N3O3S/c24-15-4-13(3-14(18(15)25)22(27,28)29)21(23(30,31)32)5-16(34-38-21)11-1-2-17(33-6-11)20(26)9-35(10-20)19(36)12-7-39(37)8-12/h1-4,6,12H,5,7-10H2. The van der Waals surface area contributed by atoms with Crippen LogP contribution in [0.3, 0.4) is 0 Å². The van der Waals surface area contributed by atoms with Crippen LogP contribution in [0, 0.1) is 17.6 Å². The van der Waals surface area contributed by atoms with E-state index in [2.05, 4.69) is 15.0 Å². The van der Waals surface area contributed by atoms with Crippen LogP contribution in [0.4, 0.5) is 39.5 Å². The Balaban J connectivity index is 1.35. The van der Waals surface area contributed by atoms with Gasteiger partial charge in [0.25, 0.3) is 5.60 Å². The van der Waals surface area contributed by atoms with Crippen molar-refractivity contribution in [3.8, 4) is 0 Å². The van der Waals surface area contributed by atoms with E-state index in [9.17, 15) is 44.1 Å². The van der Waals surface area contributed by atoms with Crippen LogP contribution in [0.25, 0.3) is 0 Å². The Morgan fingerprint density at radius 1 is 1.08 bits per heavy atom. The fourth-order valence-corrected chi connectivity index (χ4v) is 5.68. The van der Waals surface area contributed by atoms with Gasteiger partial charge in [-0.05, 0) is 24.3 Å². The summed E-state index contributed by atoms with van der Waals surface area (Å²) in [4.78, 5) is 22.0. The van der Waals surface area contributed by atoms with Crippen molar-refractivity contribution in [2.75, 3.05) is 24.6 Å². The topological polar surface area (TPSA) is 71.9 Å². The SMILES string of the molecule is O=C(C1CS(=O)C1)N1CC(F)(c2ccc(C3=NOC(c4cc(F)c(F)c(C(F)(F)F)c4)(C(F)(F)F)C3)cn2)C1.